The van der Waals surface area contributed by atoms with E-state index in [1.54, 1.807) is 0 Å². The van der Waals surface area contributed by atoms with Crippen LogP contribution in [0.5, 0.6) is 0 Å². The highest BCUT2D eigenvalue weighted by molar-refractivity contribution is 6.15. The van der Waals surface area contributed by atoms with E-state index in [9.17, 15) is 4.79 Å². The quantitative estimate of drug-likeness (QED) is 0.619. The Kier molecular flexibility index (Phi) is 2.23. The first kappa shape index (κ1) is 7.02. The number of hydrogen-bond acceptors (Lipinski definition) is 3. The van der Waals surface area contributed by atoms with Crippen LogP contribution in [0.3, 0.4) is 0 Å². The lowest BCUT2D eigenvalue weighted by molar-refractivity contribution is 0.0751. The van der Waals surface area contributed by atoms with Gasteiger partial charge in [0.1, 0.15) is 11.9 Å². The zero-order valence-electron chi connectivity index (χ0n) is 4.95. The summed E-state index contributed by atoms with van der Waals surface area (Å²) in [6.45, 7) is 0. The Morgan fingerprint density at radius 3 is 2.60 bits per heavy atom. The summed E-state index contributed by atoms with van der Waals surface area (Å²) in [7, 11) is 0. The van der Waals surface area contributed by atoms with E-state index in [1.165, 1.54) is 24.5 Å². The van der Waals surface area contributed by atoms with Crippen LogP contribution in [0.15, 0.2) is 24.5 Å². The molecule has 0 N–H and O–H groups in total. The molecular formula is C6H4ClNO2. The van der Waals surface area contributed by atoms with Crippen molar-refractivity contribution in [2.45, 2.75) is 0 Å². The summed E-state index contributed by atoms with van der Waals surface area (Å²) in [6, 6.07) is 3.04. The minimum atomic E-state index is -0.566. The predicted molar refractivity (Wildman–Crippen MR) is 35.5 cm³/mol. The smallest absolute Gasteiger partial charge is 0.343 e. The SMILES string of the molecule is O=C(OCl)c1ccncc1. The Labute approximate surface area is 62.8 Å². The molecule has 1 aromatic heterocycles. The van der Waals surface area contributed by atoms with E-state index in [2.05, 4.69) is 9.27 Å². The van der Waals surface area contributed by atoms with Gasteiger partial charge in [-0.2, -0.15) is 0 Å². The largest absolute Gasteiger partial charge is 0.356 e. The number of hydrogen-bond donors (Lipinski definition) is 0. The van der Waals surface area contributed by atoms with E-state index >= 15 is 0 Å². The molecule has 0 aliphatic heterocycles. The van der Waals surface area contributed by atoms with E-state index < -0.39 is 5.97 Å². The molecule has 52 valence electrons. The van der Waals surface area contributed by atoms with Gasteiger partial charge in [-0.15, -0.1) is 0 Å². The van der Waals surface area contributed by atoms with Crippen LogP contribution in [0.25, 0.3) is 0 Å². The monoisotopic (exact) mass is 157 g/mol. The average Bonchev–Trinajstić information content (AvgIpc) is 2.05. The highest BCUT2D eigenvalue weighted by Crippen LogP contribution is 1.99. The number of carbonyl (C=O) groups excluding carboxylic acids is 1. The molecule has 1 aromatic rings. The molecule has 3 nitrogen and oxygen atoms in total. The summed E-state index contributed by atoms with van der Waals surface area (Å²) in [6.07, 6.45) is 2.98. The van der Waals surface area contributed by atoms with Crippen molar-refractivity contribution in [3.05, 3.63) is 30.1 Å². The Morgan fingerprint density at radius 1 is 1.50 bits per heavy atom. The second kappa shape index (κ2) is 3.17. The summed E-state index contributed by atoms with van der Waals surface area (Å²) in [4.78, 5) is 14.3. The number of halogens is 1. The Bertz CT molecular complexity index is 224. The highest BCUT2D eigenvalue weighted by atomic mass is 35.5. The minimum Gasteiger partial charge on any atom is -0.343 e. The van der Waals surface area contributed by atoms with Crippen LogP contribution in [0.1, 0.15) is 10.4 Å². The molecule has 0 aliphatic rings. The van der Waals surface area contributed by atoms with Crippen LogP contribution < -0.4 is 0 Å². The topological polar surface area (TPSA) is 39.2 Å². The molecule has 4 heteroatoms. The molecular weight excluding hydrogens is 154 g/mol. The zero-order chi connectivity index (χ0) is 7.40. The Morgan fingerprint density at radius 2 is 2.10 bits per heavy atom. The van der Waals surface area contributed by atoms with Crippen molar-refractivity contribution >= 4 is 17.8 Å². The van der Waals surface area contributed by atoms with Gasteiger partial charge in [0, 0.05) is 12.4 Å². The van der Waals surface area contributed by atoms with E-state index in [-0.39, 0.29) is 0 Å². The zero-order valence-corrected chi connectivity index (χ0v) is 5.71. The van der Waals surface area contributed by atoms with Gasteiger partial charge in [0.2, 0.25) is 0 Å². The van der Waals surface area contributed by atoms with Gasteiger partial charge in [-0.1, -0.05) is 0 Å². The van der Waals surface area contributed by atoms with Crippen molar-refractivity contribution in [3.63, 3.8) is 0 Å². The molecule has 0 saturated heterocycles. The van der Waals surface area contributed by atoms with Crippen LogP contribution in [0.4, 0.5) is 0 Å². The van der Waals surface area contributed by atoms with Gasteiger partial charge in [0.25, 0.3) is 0 Å². The summed E-state index contributed by atoms with van der Waals surface area (Å²) in [5.74, 6) is -0.566. The molecule has 0 fully saturated rings. The molecule has 1 heterocycles. The van der Waals surface area contributed by atoms with E-state index in [0.717, 1.165) is 0 Å². The number of nitrogens with zero attached hydrogens (tertiary/aromatic N) is 1. The minimum absolute atomic E-state index is 0.394. The van der Waals surface area contributed by atoms with Crippen LogP contribution >= 0.6 is 11.9 Å². The first-order chi connectivity index (χ1) is 4.84. The number of pyridine rings is 1. The van der Waals surface area contributed by atoms with E-state index in [0.29, 0.717) is 5.56 Å². The van der Waals surface area contributed by atoms with Crippen molar-refractivity contribution in [2.24, 2.45) is 0 Å². The van der Waals surface area contributed by atoms with Gasteiger partial charge in [-0.25, -0.2) is 4.79 Å². The van der Waals surface area contributed by atoms with Gasteiger partial charge in [-0.05, 0) is 12.1 Å². The third-order valence-electron chi connectivity index (χ3n) is 0.986. The standard InChI is InChI=1S/C6H4ClNO2/c7-10-6(9)5-1-3-8-4-2-5/h1-4H. The lowest BCUT2D eigenvalue weighted by atomic mass is 10.3. The first-order valence-corrected chi connectivity index (χ1v) is 2.88. The lowest BCUT2D eigenvalue weighted by Gasteiger charge is -1.91. The molecule has 10 heavy (non-hydrogen) atoms. The summed E-state index contributed by atoms with van der Waals surface area (Å²) in [5.41, 5.74) is 0.394. The van der Waals surface area contributed by atoms with E-state index in [4.69, 9.17) is 11.9 Å². The fourth-order valence-electron chi connectivity index (χ4n) is 0.533. The van der Waals surface area contributed by atoms with Crippen molar-refractivity contribution in [2.75, 3.05) is 0 Å². The summed E-state index contributed by atoms with van der Waals surface area (Å²) < 4.78 is 3.94. The molecule has 0 spiro atoms. The van der Waals surface area contributed by atoms with Crippen molar-refractivity contribution < 1.29 is 9.08 Å². The second-order valence-electron chi connectivity index (χ2n) is 1.60. The molecule has 0 radical (unpaired) electrons. The molecule has 1 rings (SSSR count). The van der Waals surface area contributed by atoms with Crippen LogP contribution in [0.2, 0.25) is 0 Å². The van der Waals surface area contributed by atoms with Crippen LogP contribution in [0, 0.1) is 0 Å². The van der Waals surface area contributed by atoms with Crippen molar-refractivity contribution in [1.29, 1.82) is 0 Å². The third-order valence-corrected chi connectivity index (χ3v) is 1.13. The normalized spacial score (nSPS) is 8.90. The Hall–Kier alpha value is -1.09. The number of aromatic nitrogens is 1. The lowest BCUT2D eigenvalue weighted by Crippen LogP contribution is -1.96. The summed E-state index contributed by atoms with van der Waals surface area (Å²) in [5, 5.41) is 0. The first-order valence-electron chi connectivity index (χ1n) is 2.57. The summed E-state index contributed by atoms with van der Waals surface area (Å²) >= 11 is 4.82. The molecule has 0 aliphatic carbocycles. The Balaban J connectivity index is 2.85. The molecule has 0 amide bonds. The molecule has 0 atom stereocenters. The predicted octanol–water partition coefficient (Wildman–Crippen LogP) is 1.39. The maximum absolute atomic E-state index is 10.6. The van der Waals surface area contributed by atoms with Crippen LogP contribution in [-0.4, -0.2) is 11.0 Å². The van der Waals surface area contributed by atoms with Crippen molar-refractivity contribution in [1.82, 2.24) is 4.98 Å². The molecule has 0 unspecified atom stereocenters. The molecule has 0 bridgehead atoms. The van der Waals surface area contributed by atoms with Gasteiger partial charge in [-0.3, -0.25) is 4.98 Å². The van der Waals surface area contributed by atoms with E-state index in [1.807, 2.05) is 0 Å². The maximum Gasteiger partial charge on any atom is 0.356 e. The molecule has 0 aromatic carbocycles. The van der Waals surface area contributed by atoms with Gasteiger partial charge < -0.3 is 4.29 Å². The highest BCUT2D eigenvalue weighted by Gasteiger charge is 2.03. The second-order valence-corrected chi connectivity index (χ2v) is 1.75. The van der Waals surface area contributed by atoms with Gasteiger partial charge in [0.15, 0.2) is 0 Å². The number of rotatable bonds is 1. The molecule has 0 saturated carbocycles. The third kappa shape index (κ3) is 1.45. The van der Waals surface area contributed by atoms with Crippen LogP contribution in [-0.2, 0) is 4.29 Å². The fourth-order valence-corrected chi connectivity index (χ4v) is 0.622. The van der Waals surface area contributed by atoms with Gasteiger partial charge >= 0.3 is 5.97 Å². The maximum atomic E-state index is 10.6. The van der Waals surface area contributed by atoms with Crippen molar-refractivity contribution in [3.8, 4) is 0 Å². The number of carbonyl (C=O) groups is 1. The van der Waals surface area contributed by atoms with Gasteiger partial charge in [0.05, 0.1) is 5.56 Å². The fraction of sp³-hybridized carbons (Fsp3) is 0. The average molecular weight is 158 g/mol.